The van der Waals surface area contributed by atoms with Gasteiger partial charge in [0.25, 0.3) is 5.91 Å². The number of hydrogen-bond donors (Lipinski definition) is 1. The molecule has 6 nitrogen and oxygen atoms in total. The second-order valence-corrected chi connectivity index (χ2v) is 5.95. The van der Waals surface area contributed by atoms with Crippen molar-refractivity contribution in [3.63, 3.8) is 0 Å². The molecule has 1 aliphatic heterocycles. The van der Waals surface area contributed by atoms with Gasteiger partial charge in [0.1, 0.15) is 11.5 Å². The van der Waals surface area contributed by atoms with Gasteiger partial charge >= 0.3 is 0 Å². The summed E-state index contributed by atoms with van der Waals surface area (Å²) in [5.74, 6) is 1.60. The van der Waals surface area contributed by atoms with E-state index >= 15 is 0 Å². The molecule has 2 aliphatic rings. The quantitative estimate of drug-likeness (QED) is 0.935. The van der Waals surface area contributed by atoms with Crippen molar-refractivity contribution in [3.05, 3.63) is 41.9 Å². The normalized spacial score (nSPS) is 18.5. The maximum Gasteiger partial charge on any atom is 0.274 e. The van der Waals surface area contributed by atoms with E-state index in [1.165, 1.54) is 12.8 Å². The fourth-order valence-corrected chi connectivity index (χ4v) is 2.89. The molecule has 114 valence electrons. The predicted octanol–water partition coefficient (Wildman–Crippen LogP) is 1.64. The van der Waals surface area contributed by atoms with E-state index in [-0.39, 0.29) is 5.91 Å². The first-order valence-electron chi connectivity index (χ1n) is 7.82. The maximum absolute atomic E-state index is 12.5. The summed E-state index contributed by atoms with van der Waals surface area (Å²) in [5.41, 5.74) is 1.66. The largest absolute Gasteiger partial charge is 0.353 e. The Morgan fingerprint density at radius 1 is 1.18 bits per heavy atom. The summed E-state index contributed by atoms with van der Waals surface area (Å²) in [6.07, 6.45) is 4.22. The standard InChI is InChI=1S/C16H19N5O/c22-16(14-11-13(18-19-14)12-4-5-12)21-9-7-20(8-10-21)15-3-1-2-6-17-15/h1-3,6,11-12H,4-5,7-10H2,(H,18,19). The van der Waals surface area contributed by atoms with Crippen molar-refractivity contribution in [1.29, 1.82) is 0 Å². The maximum atomic E-state index is 12.5. The van der Waals surface area contributed by atoms with Gasteiger partial charge < -0.3 is 9.80 Å². The summed E-state index contributed by atoms with van der Waals surface area (Å²) in [4.78, 5) is 21.0. The van der Waals surface area contributed by atoms with Crippen molar-refractivity contribution in [1.82, 2.24) is 20.1 Å². The number of carbonyl (C=O) groups excluding carboxylic acids is 1. The molecule has 0 unspecified atom stereocenters. The van der Waals surface area contributed by atoms with Crippen LogP contribution in [0.5, 0.6) is 0 Å². The summed E-state index contributed by atoms with van der Waals surface area (Å²) in [6, 6.07) is 7.83. The highest BCUT2D eigenvalue weighted by atomic mass is 16.2. The summed E-state index contributed by atoms with van der Waals surface area (Å²) >= 11 is 0. The van der Waals surface area contributed by atoms with Crippen LogP contribution in [-0.4, -0.2) is 52.2 Å². The molecule has 0 bridgehead atoms. The molecule has 6 heteroatoms. The Morgan fingerprint density at radius 3 is 2.68 bits per heavy atom. The number of nitrogens with one attached hydrogen (secondary N) is 1. The van der Waals surface area contributed by atoms with E-state index < -0.39 is 0 Å². The van der Waals surface area contributed by atoms with Crippen molar-refractivity contribution in [2.75, 3.05) is 31.1 Å². The van der Waals surface area contributed by atoms with E-state index in [0.29, 0.717) is 24.7 Å². The Kier molecular flexibility index (Phi) is 3.29. The number of rotatable bonds is 3. The Balaban J connectivity index is 1.39. The van der Waals surface area contributed by atoms with Gasteiger partial charge in [0.2, 0.25) is 0 Å². The second-order valence-electron chi connectivity index (χ2n) is 5.95. The third kappa shape index (κ3) is 2.56. The lowest BCUT2D eigenvalue weighted by molar-refractivity contribution is 0.0740. The molecule has 1 saturated heterocycles. The van der Waals surface area contributed by atoms with Crippen LogP contribution in [0.3, 0.4) is 0 Å². The summed E-state index contributed by atoms with van der Waals surface area (Å²) < 4.78 is 0. The molecule has 2 aromatic rings. The zero-order valence-electron chi connectivity index (χ0n) is 12.4. The molecule has 0 aromatic carbocycles. The van der Waals surface area contributed by atoms with Crippen molar-refractivity contribution in [2.24, 2.45) is 0 Å². The molecule has 1 N–H and O–H groups in total. The monoisotopic (exact) mass is 297 g/mol. The van der Waals surface area contributed by atoms with Crippen LogP contribution in [0.4, 0.5) is 5.82 Å². The van der Waals surface area contributed by atoms with Gasteiger partial charge in [0, 0.05) is 44.0 Å². The molecule has 1 aliphatic carbocycles. The fourth-order valence-electron chi connectivity index (χ4n) is 2.89. The number of amides is 1. The van der Waals surface area contributed by atoms with Gasteiger partial charge in [0.05, 0.1) is 0 Å². The van der Waals surface area contributed by atoms with Gasteiger partial charge in [0.15, 0.2) is 0 Å². The highest BCUT2D eigenvalue weighted by Crippen LogP contribution is 2.39. The molecule has 3 heterocycles. The van der Waals surface area contributed by atoms with Crippen LogP contribution in [-0.2, 0) is 0 Å². The summed E-state index contributed by atoms with van der Waals surface area (Å²) in [7, 11) is 0. The van der Waals surface area contributed by atoms with E-state index in [1.807, 2.05) is 29.2 Å². The van der Waals surface area contributed by atoms with E-state index in [1.54, 1.807) is 6.20 Å². The van der Waals surface area contributed by atoms with E-state index in [4.69, 9.17) is 0 Å². The molecule has 22 heavy (non-hydrogen) atoms. The second kappa shape index (κ2) is 5.44. The van der Waals surface area contributed by atoms with Gasteiger partial charge in [-0.15, -0.1) is 0 Å². The van der Waals surface area contributed by atoms with Gasteiger partial charge in [-0.3, -0.25) is 9.89 Å². The lowest BCUT2D eigenvalue weighted by atomic mass is 10.2. The van der Waals surface area contributed by atoms with Gasteiger partial charge in [-0.2, -0.15) is 5.10 Å². The van der Waals surface area contributed by atoms with Crippen LogP contribution in [0.25, 0.3) is 0 Å². The molecular formula is C16H19N5O. The number of anilines is 1. The molecule has 4 rings (SSSR count). The molecule has 0 atom stereocenters. The van der Waals surface area contributed by atoms with Gasteiger partial charge in [-0.25, -0.2) is 4.98 Å². The number of nitrogens with zero attached hydrogens (tertiary/aromatic N) is 4. The van der Waals surface area contributed by atoms with Crippen LogP contribution in [0.15, 0.2) is 30.5 Å². The highest BCUT2D eigenvalue weighted by molar-refractivity contribution is 5.92. The number of aromatic nitrogens is 3. The first kappa shape index (κ1) is 13.3. The van der Waals surface area contributed by atoms with Crippen LogP contribution >= 0.6 is 0 Å². The lowest BCUT2D eigenvalue weighted by Gasteiger charge is -2.35. The van der Waals surface area contributed by atoms with Crippen molar-refractivity contribution < 1.29 is 4.79 Å². The van der Waals surface area contributed by atoms with Gasteiger partial charge in [-0.05, 0) is 31.0 Å². The summed E-state index contributed by atoms with van der Waals surface area (Å²) in [5, 5.41) is 7.19. The first-order chi connectivity index (χ1) is 10.8. The third-order valence-corrected chi connectivity index (χ3v) is 4.37. The molecule has 1 saturated carbocycles. The first-order valence-corrected chi connectivity index (χ1v) is 7.82. The Morgan fingerprint density at radius 2 is 2.00 bits per heavy atom. The number of aromatic amines is 1. The Hall–Kier alpha value is -2.37. The van der Waals surface area contributed by atoms with Crippen LogP contribution in [0.2, 0.25) is 0 Å². The minimum atomic E-state index is 0.0313. The van der Waals surface area contributed by atoms with Crippen molar-refractivity contribution in [2.45, 2.75) is 18.8 Å². The average Bonchev–Trinajstić information content (AvgIpc) is 3.32. The molecular weight excluding hydrogens is 278 g/mol. The molecule has 2 fully saturated rings. The minimum Gasteiger partial charge on any atom is -0.353 e. The minimum absolute atomic E-state index is 0.0313. The van der Waals surface area contributed by atoms with E-state index in [2.05, 4.69) is 20.1 Å². The van der Waals surface area contributed by atoms with Crippen LogP contribution in [0, 0.1) is 0 Å². The molecule has 2 aromatic heterocycles. The van der Waals surface area contributed by atoms with Crippen LogP contribution < -0.4 is 4.90 Å². The van der Waals surface area contributed by atoms with Gasteiger partial charge in [-0.1, -0.05) is 6.07 Å². The zero-order valence-corrected chi connectivity index (χ0v) is 12.4. The number of pyridine rings is 1. The average molecular weight is 297 g/mol. The lowest BCUT2D eigenvalue weighted by Crippen LogP contribution is -2.49. The highest BCUT2D eigenvalue weighted by Gasteiger charge is 2.28. The topological polar surface area (TPSA) is 65.1 Å². The predicted molar refractivity (Wildman–Crippen MR) is 82.9 cm³/mol. The number of hydrogen-bond acceptors (Lipinski definition) is 4. The van der Waals surface area contributed by atoms with E-state index in [9.17, 15) is 4.79 Å². The van der Waals surface area contributed by atoms with Crippen LogP contribution in [0.1, 0.15) is 34.9 Å². The number of H-pyrrole nitrogens is 1. The van der Waals surface area contributed by atoms with Crippen molar-refractivity contribution >= 4 is 11.7 Å². The number of piperazine rings is 1. The van der Waals surface area contributed by atoms with Crippen molar-refractivity contribution in [3.8, 4) is 0 Å². The Labute approximate surface area is 129 Å². The zero-order chi connectivity index (χ0) is 14.9. The smallest absolute Gasteiger partial charge is 0.274 e. The SMILES string of the molecule is O=C(c1cc(C2CC2)[nH]n1)N1CCN(c2ccccn2)CC1. The fraction of sp³-hybridized carbons (Fsp3) is 0.438. The third-order valence-electron chi connectivity index (χ3n) is 4.37. The number of carbonyl (C=O) groups is 1. The van der Waals surface area contributed by atoms with E-state index in [0.717, 1.165) is 24.6 Å². The molecule has 0 radical (unpaired) electrons. The molecule has 1 amide bonds. The molecule has 0 spiro atoms. The Bertz CT molecular complexity index is 656. The summed E-state index contributed by atoms with van der Waals surface area (Å²) in [6.45, 7) is 3.04.